The molecule has 0 aromatic heterocycles. The molecule has 1 aromatic rings. The summed E-state index contributed by atoms with van der Waals surface area (Å²) in [5.74, 6) is -0.408. The Kier molecular flexibility index (Phi) is 4.13. The second kappa shape index (κ2) is 5.42. The second-order valence-corrected chi connectivity index (χ2v) is 5.28. The van der Waals surface area contributed by atoms with Gasteiger partial charge in [0.15, 0.2) is 0 Å². The summed E-state index contributed by atoms with van der Waals surface area (Å²) < 4.78 is 13.0. The molecule has 1 saturated heterocycles. The molecule has 0 atom stereocenters. The van der Waals surface area contributed by atoms with Crippen LogP contribution in [0.15, 0.2) is 12.1 Å². The van der Waals surface area contributed by atoms with Gasteiger partial charge in [-0.05, 0) is 45.1 Å². The third-order valence-electron chi connectivity index (χ3n) is 3.07. The molecular weight excluding hydrogens is 262 g/mol. The molecule has 0 saturated carbocycles. The first-order chi connectivity index (χ1) is 8.06. The van der Waals surface area contributed by atoms with E-state index in [4.69, 9.17) is 23.2 Å². The Morgan fingerprint density at radius 2 is 1.76 bits per heavy atom. The monoisotopic (exact) mass is 276 g/mol. The quantitative estimate of drug-likeness (QED) is 0.887. The van der Waals surface area contributed by atoms with E-state index in [1.54, 1.807) is 0 Å². The number of hydrogen-bond donors (Lipinski definition) is 1. The maximum absolute atomic E-state index is 13.0. The summed E-state index contributed by atoms with van der Waals surface area (Å²) in [5.41, 5.74) is 0.643. The summed E-state index contributed by atoms with van der Waals surface area (Å²) in [6.45, 7) is 2.10. The fourth-order valence-corrected chi connectivity index (χ4v) is 2.61. The number of anilines is 1. The van der Waals surface area contributed by atoms with Gasteiger partial charge in [-0.25, -0.2) is 4.39 Å². The highest BCUT2D eigenvalue weighted by atomic mass is 35.5. The SMILES string of the molecule is CN1CCC(Nc2c(Cl)cc(F)cc2Cl)CC1. The van der Waals surface area contributed by atoms with Gasteiger partial charge in [0.25, 0.3) is 0 Å². The zero-order valence-corrected chi connectivity index (χ0v) is 11.2. The van der Waals surface area contributed by atoms with Crippen LogP contribution in [0.4, 0.5) is 10.1 Å². The largest absolute Gasteiger partial charge is 0.380 e. The van der Waals surface area contributed by atoms with E-state index in [-0.39, 0.29) is 0 Å². The molecule has 94 valence electrons. The zero-order chi connectivity index (χ0) is 12.4. The lowest BCUT2D eigenvalue weighted by molar-refractivity contribution is 0.264. The predicted molar refractivity (Wildman–Crippen MR) is 70.6 cm³/mol. The molecule has 1 aliphatic rings. The number of nitrogens with zero attached hydrogens (tertiary/aromatic N) is 1. The maximum atomic E-state index is 13.0. The van der Waals surface area contributed by atoms with Crippen molar-refractivity contribution < 1.29 is 4.39 Å². The van der Waals surface area contributed by atoms with Gasteiger partial charge in [-0.2, -0.15) is 0 Å². The van der Waals surface area contributed by atoms with Gasteiger partial charge in [-0.15, -0.1) is 0 Å². The number of rotatable bonds is 2. The van der Waals surface area contributed by atoms with Gasteiger partial charge in [-0.1, -0.05) is 23.2 Å². The summed E-state index contributed by atoms with van der Waals surface area (Å²) >= 11 is 12.0. The average Bonchev–Trinajstić information content (AvgIpc) is 2.26. The minimum atomic E-state index is -0.408. The number of nitrogens with one attached hydrogen (secondary N) is 1. The van der Waals surface area contributed by atoms with Gasteiger partial charge in [0, 0.05) is 6.04 Å². The van der Waals surface area contributed by atoms with Crippen molar-refractivity contribution in [2.24, 2.45) is 0 Å². The summed E-state index contributed by atoms with van der Waals surface area (Å²) in [6, 6.07) is 2.92. The number of piperidine rings is 1. The maximum Gasteiger partial charge on any atom is 0.126 e. The Morgan fingerprint density at radius 3 is 2.29 bits per heavy atom. The number of halogens is 3. The van der Waals surface area contributed by atoms with Crippen molar-refractivity contribution in [2.75, 3.05) is 25.5 Å². The Morgan fingerprint density at radius 1 is 1.24 bits per heavy atom. The highest BCUT2D eigenvalue weighted by Gasteiger charge is 2.18. The summed E-state index contributed by atoms with van der Waals surface area (Å²) in [5, 5.41) is 3.99. The van der Waals surface area contributed by atoms with Crippen LogP contribution in [0, 0.1) is 5.82 Å². The standard InChI is InChI=1S/C12H15Cl2FN2/c1-17-4-2-9(3-5-17)16-12-10(13)6-8(15)7-11(12)14/h6-7,9,16H,2-5H2,1H3. The summed E-state index contributed by atoms with van der Waals surface area (Å²) in [4.78, 5) is 2.28. The zero-order valence-electron chi connectivity index (χ0n) is 9.64. The van der Waals surface area contributed by atoms with Crippen molar-refractivity contribution in [3.8, 4) is 0 Å². The second-order valence-electron chi connectivity index (χ2n) is 4.47. The predicted octanol–water partition coefficient (Wildman–Crippen LogP) is 3.64. The highest BCUT2D eigenvalue weighted by molar-refractivity contribution is 6.39. The van der Waals surface area contributed by atoms with E-state index in [1.807, 2.05) is 0 Å². The molecule has 1 heterocycles. The van der Waals surface area contributed by atoms with Crippen molar-refractivity contribution in [3.63, 3.8) is 0 Å². The Balaban J connectivity index is 2.08. The van der Waals surface area contributed by atoms with Crippen LogP contribution in [0.5, 0.6) is 0 Å². The lowest BCUT2D eigenvalue weighted by Gasteiger charge is -2.30. The average molecular weight is 277 g/mol. The van der Waals surface area contributed by atoms with Crippen LogP contribution in [-0.4, -0.2) is 31.1 Å². The lowest BCUT2D eigenvalue weighted by atomic mass is 10.1. The van der Waals surface area contributed by atoms with Gasteiger partial charge in [0.1, 0.15) is 5.82 Å². The van der Waals surface area contributed by atoms with Gasteiger partial charge >= 0.3 is 0 Å². The third kappa shape index (κ3) is 3.24. The van der Waals surface area contributed by atoms with Crippen molar-refractivity contribution in [3.05, 3.63) is 28.0 Å². The topological polar surface area (TPSA) is 15.3 Å². The number of likely N-dealkylation sites (tertiary alicyclic amines) is 1. The summed E-state index contributed by atoms with van der Waals surface area (Å²) in [6.07, 6.45) is 2.08. The van der Waals surface area contributed by atoms with Gasteiger partial charge < -0.3 is 10.2 Å². The lowest BCUT2D eigenvalue weighted by Crippen LogP contribution is -2.36. The fourth-order valence-electron chi connectivity index (χ4n) is 2.04. The molecule has 1 aromatic carbocycles. The minimum Gasteiger partial charge on any atom is -0.380 e. The molecule has 2 rings (SSSR count). The molecule has 0 amide bonds. The van der Waals surface area contributed by atoms with Crippen LogP contribution < -0.4 is 5.32 Å². The van der Waals surface area contributed by atoms with Crippen molar-refractivity contribution in [2.45, 2.75) is 18.9 Å². The molecule has 0 bridgehead atoms. The van der Waals surface area contributed by atoms with E-state index < -0.39 is 5.82 Å². The Labute approximate surface area is 111 Å². The van der Waals surface area contributed by atoms with Gasteiger partial charge in [0.05, 0.1) is 15.7 Å². The van der Waals surface area contributed by atoms with Crippen molar-refractivity contribution in [1.82, 2.24) is 4.90 Å². The van der Waals surface area contributed by atoms with Crippen molar-refractivity contribution >= 4 is 28.9 Å². The molecule has 0 spiro atoms. The van der Waals surface area contributed by atoms with Crippen molar-refractivity contribution in [1.29, 1.82) is 0 Å². The van der Waals surface area contributed by atoms with E-state index in [0.717, 1.165) is 25.9 Å². The number of benzene rings is 1. The molecule has 2 nitrogen and oxygen atoms in total. The van der Waals surface area contributed by atoms with Crippen LogP contribution in [-0.2, 0) is 0 Å². The molecule has 0 aliphatic carbocycles. The van der Waals surface area contributed by atoms with Gasteiger partial charge in [-0.3, -0.25) is 0 Å². The molecule has 0 radical (unpaired) electrons. The smallest absolute Gasteiger partial charge is 0.126 e. The molecule has 17 heavy (non-hydrogen) atoms. The normalized spacial score (nSPS) is 18.4. The van der Waals surface area contributed by atoms with Crippen LogP contribution in [0.2, 0.25) is 10.0 Å². The van der Waals surface area contributed by atoms with E-state index in [2.05, 4.69) is 17.3 Å². The number of hydrogen-bond acceptors (Lipinski definition) is 2. The molecule has 0 unspecified atom stereocenters. The highest BCUT2D eigenvalue weighted by Crippen LogP contribution is 2.32. The molecular formula is C12H15Cl2FN2. The van der Waals surface area contributed by atoms with Crippen LogP contribution in [0.25, 0.3) is 0 Å². The summed E-state index contributed by atoms with van der Waals surface area (Å²) in [7, 11) is 2.11. The minimum absolute atomic E-state index is 0.342. The first-order valence-electron chi connectivity index (χ1n) is 5.66. The fraction of sp³-hybridized carbons (Fsp3) is 0.500. The first-order valence-corrected chi connectivity index (χ1v) is 6.41. The van der Waals surface area contributed by atoms with E-state index in [9.17, 15) is 4.39 Å². The van der Waals surface area contributed by atoms with Crippen LogP contribution >= 0.6 is 23.2 Å². The molecule has 1 fully saturated rings. The van der Waals surface area contributed by atoms with Crippen LogP contribution in [0.3, 0.4) is 0 Å². The van der Waals surface area contributed by atoms with Crippen LogP contribution in [0.1, 0.15) is 12.8 Å². The molecule has 1 N–H and O–H groups in total. The van der Waals surface area contributed by atoms with E-state index >= 15 is 0 Å². The first kappa shape index (κ1) is 12.9. The van der Waals surface area contributed by atoms with E-state index in [1.165, 1.54) is 12.1 Å². The Bertz CT molecular complexity index is 380. The Hall–Kier alpha value is -0.510. The van der Waals surface area contributed by atoms with Gasteiger partial charge in [0.2, 0.25) is 0 Å². The molecule has 5 heteroatoms. The third-order valence-corrected chi connectivity index (χ3v) is 3.67. The van der Waals surface area contributed by atoms with E-state index in [0.29, 0.717) is 21.8 Å². The molecule has 1 aliphatic heterocycles.